The van der Waals surface area contributed by atoms with Gasteiger partial charge in [-0.3, -0.25) is 14.5 Å². The van der Waals surface area contributed by atoms with Crippen LogP contribution in [0.1, 0.15) is 56.4 Å². The number of nitrogens with zero attached hydrogens (tertiary/aromatic N) is 1. The van der Waals surface area contributed by atoms with Crippen molar-refractivity contribution in [3.8, 4) is 0 Å². The zero-order valence-corrected chi connectivity index (χ0v) is 15.4. The molecule has 124 valence electrons. The van der Waals surface area contributed by atoms with Gasteiger partial charge in [0, 0.05) is 22.7 Å². The summed E-state index contributed by atoms with van der Waals surface area (Å²) in [6.45, 7) is 9.95. The number of aryl methyl sites for hydroxylation is 2. The van der Waals surface area contributed by atoms with Gasteiger partial charge in [-0.15, -0.1) is 11.3 Å². The molecule has 0 amide bonds. The number of hydrogen-bond donors (Lipinski definition) is 1. The fraction of sp³-hybridized carbons (Fsp3) is 0.444. The van der Waals surface area contributed by atoms with Crippen molar-refractivity contribution in [1.29, 1.82) is 0 Å². The first-order chi connectivity index (χ1) is 10.7. The number of rotatable bonds is 6. The Hall–Kier alpha value is -1.72. The van der Waals surface area contributed by atoms with Crippen molar-refractivity contribution in [3.63, 3.8) is 0 Å². The Bertz CT molecular complexity index is 742. The fourth-order valence-corrected chi connectivity index (χ4v) is 3.83. The normalized spacial score (nSPS) is 12.7. The lowest BCUT2D eigenvalue weighted by molar-refractivity contribution is 0.0857. The molecule has 1 N–H and O–H groups in total. The minimum absolute atomic E-state index is 0.00878. The number of nitrogens with one attached hydrogen (secondary N) is 1. The molecular formula is C18H24N2O2S. The Morgan fingerprint density at radius 3 is 2.43 bits per heavy atom. The summed E-state index contributed by atoms with van der Waals surface area (Å²) in [5.41, 5.74) is 3.97. The smallest absolute Gasteiger partial charge is 0.196 e. The van der Waals surface area contributed by atoms with E-state index in [4.69, 9.17) is 0 Å². The highest BCUT2D eigenvalue weighted by Crippen LogP contribution is 2.22. The standard InChI is InChI=1S/C18H24N2O2S/c1-10-7-8-23-15(10)9-20(6)13(4)18(22)17-11(2)16(14(5)21)12(3)19-17/h7-8,13,19H,9H2,1-6H3. The molecule has 2 rings (SSSR count). The van der Waals surface area contributed by atoms with Gasteiger partial charge in [0.05, 0.1) is 11.7 Å². The van der Waals surface area contributed by atoms with Crippen LogP contribution in [0.2, 0.25) is 0 Å². The summed E-state index contributed by atoms with van der Waals surface area (Å²) in [6, 6.07) is 1.84. The Morgan fingerprint density at radius 2 is 1.96 bits per heavy atom. The maximum absolute atomic E-state index is 12.8. The summed E-state index contributed by atoms with van der Waals surface area (Å²) in [6.07, 6.45) is 0. The highest BCUT2D eigenvalue weighted by Gasteiger charge is 2.26. The van der Waals surface area contributed by atoms with E-state index in [1.807, 2.05) is 32.7 Å². The summed E-state index contributed by atoms with van der Waals surface area (Å²) < 4.78 is 0. The van der Waals surface area contributed by atoms with Crippen molar-refractivity contribution in [1.82, 2.24) is 9.88 Å². The van der Waals surface area contributed by atoms with E-state index in [9.17, 15) is 9.59 Å². The maximum atomic E-state index is 12.8. The Labute approximate surface area is 141 Å². The van der Waals surface area contributed by atoms with Gasteiger partial charge >= 0.3 is 0 Å². The van der Waals surface area contributed by atoms with Gasteiger partial charge in [0.25, 0.3) is 0 Å². The predicted octanol–water partition coefficient (Wildman–Crippen LogP) is 3.91. The van der Waals surface area contributed by atoms with Crippen LogP contribution >= 0.6 is 11.3 Å². The average Bonchev–Trinajstić information content (AvgIpc) is 3.00. The van der Waals surface area contributed by atoms with Crippen LogP contribution in [0.15, 0.2) is 11.4 Å². The zero-order valence-electron chi connectivity index (χ0n) is 14.6. The summed E-state index contributed by atoms with van der Waals surface area (Å²) in [4.78, 5) is 31.0. The fourth-order valence-electron chi connectivity index (χ4n) is 2.86. The van der Waals surface area contributed by atoms with Crippen molar-refractivity contribution in [2.24, 2.45) is 0 Å². The number of aromatic amines is 1. The van der Waals surface area contributed by atoms with E-state index in [0.29, 0.717) is 11.3 Å². The van der Waals surface area contributed by atoms with E-state index in [1.54, 1.807) is 11.3 Å². The van der Waals surface area contributed by atoms with E-state index in [-0.39, 0.29) is 17.6 Å². The minimum atomic E-state index is -0.256. The highest BCUT2D eigenvalue weighted by molar-refractivity contribution is 7.10. The molecule has 0 aliphatic rings. The lowest BCUT2D eigenvalue weighted by Gasteiger charge is -2.23. The quantitative estimate of drug-likeness (QED) is 0.816. The summed E-state index contributed by atoms with van der Waals surface area (Å²) in [5.74, 6) is 0.0142. The first-order valence-corrected chi connectivity index (χ1v) is 8.59. The lowest BCUT2D eigenvalue weighted by Crippen LogP contribution is -2.36. The Kier molecular flexibility index (Phi) is 5.22. The molecule has 0 aliphatic carbocycles. The predicted molar refractivity (Wildman–Crippen MR) is 94.6 cm³/mol. The molecule has 23 heavy (non-hydrogen) atoms. The van der Waals surface area contributed by atoms with Crippen LogP contribution in [0.25, 0.3) is 0 Å². The third kappa shape index (κ3) is 3.46. The summed E-state index contributed by atoms with van der Waals surface area (Å²) in [5, 5.41) is 2.07. The number of likely N-dealkylation sites (N-methyl/N-ethyl adjacent to an activating group) is 1. The van der Waals surface area contributed by atoms with Crippen molar-refractivity contribution >= 4 is 22.9 Å². The molecule has 1 unspecified atom stereocenters. The van der Waals surface area contributed by atoms with Crippen LogP contribution in [-0.2, 0) is 6.54 Å². The van der Waals surface area contributed by atoms with E-state index in [1.165, 1.54) is 17.4 Å². The largest absolute Gasteiger partial charge is 0.355 e. The molecule has 0 saturated carbocycles. The molecule has 2 heterocycles. The van der Waals surface area contributed by atoms with Gasteiger partial charge < -0.3 is 4.98 Å². The van der Waals surface area contributed by atoms with Crippen LogP contribution in [0.5, 0.6) is 0 Å². The van der Waals surface area contributed by atoms with Crippen LogP contribution < -0.4 is 0 Å². The summed E-state index contributed by atoms with van der Waals surface area (Å²) in [7, 11) is 1.96. The average molecular weight is 332 g/mol. The molecule has 0 saturated heterocycles. The SMILES string of the molecule is CC(=O)c1c(C)[nH]c(C(=O)C(C)N(C)Cc2sccc2C)c1C. The van der Waals surface area contributed by atoms with Gasteiger partial charge in [0.15, 0.2) is 11.6 Å². The van der Waals surface area contributed by atoms with Crippen molar-refractivity contribution in [3.05, 3.63) is 44.4 Å². The second kappa shape index (κ2) is 6.81. The zero-order chi connectivity index (χ0) is 17.3. The number of carbonyl (C=O) groups is 2. The number of Topliss-reactive ketones (excluding diaryl/α,β-unsaturated/α-hetero) is 2. The molecule has 4 nitrogen and oxygen atoms in total. The maximum Gasteiger partial charge on any atom is 0.196 e. The third-order valence-electron chi connectivity index (χ3n) is 4.44. The van der Waals surface area contributed by atoms with Crippen LogP contribution in [0.4, 0.5) is 0 Å². The Morgan fingerprint density at radius 1 is 1.30 bits per heavy atom. The molecule has 1 atom stereocenters. The van der Waals surface area contributed by atoms with Crippen molar-refractivity contribution < 1.29 is 9.59 Å². The van der Waals surface area contributed by atoms with E-state index in [0.717, 1.165) is 17.8 Å². The van der Waals surface area contributed by atoms with Gasteiger partial charge in [0.2, 0.25) is 0 Å². The summed E-state index contributed by atoms with van der Waals surface area (Å²) >= 11 is 1.71. The number of aromatic nitrogens is 1. The van der Waals surface area contributed by atoms with Gasteiger partial charge in [-0.2, -0.15) is 0 Å². The van der Waals surface area contributed by atoms with E-state index >= 15 is 0 Å². The van der Waals surface area contributed by atoms with Crippen LogP contribution in [0.3, 0.4) is 0 Å². The molecule has 0 aliphatic heterocycles. The molecule has 0 fully saturated rings. The van der Waals surface area contributed by atoms with Gasteiger partial charge in [-0.25, -0.2) is 0 Å². The number of thiophene rings is 1. The molecular weight excluding hydrogens is 308 g/mol. The molecule has 2 aromatic rings. The molecule has 0 spiro atoms. The van der Waals surface area contributed by atoms with Crippen molar-refractivity contribution in [2.45, 2.75) is 47.2 Å². The van der Waals surface area contributed by atoms with Crippen LogP contribution in [-0.4, -0.2) is 34.5 Å². The second-order valence-electron chi connectivity index (χ2n) is 6.16. The van der Waals surface area contributed by atoms with E-state index in [2.05, 4.69) is 23.4 Å². The highest BCUT2D eigenvalue weighted by atomic mass is 32.1. The lowest BCUT2D eigenvalue weighted by atomic mass is 10.0. The first kappa shape index (κ1) is 17.6. The van der Waals surface area contributed by atoms with Crippen molar-refractivity contribution in [2.75, 3.05) is 7.05 Å². The van der Waals surface area contributed by atoms with E-state index < -0.39 is 0 Å². The Balaban J connectivity index is 2.21. The number of carbonyl (C=O) groups excluding carboxylic acids is 2. The van der Waals surface area contributed by atoms with Crippen LogP contribution in [0, 0.1) is 20.8 Å². The molecule has 0 aromatic carbocycles. The number of hydrogen-bond acceptors (Lipinski definition) is 4. The number of H-pyrrole nitrogens is 1. The van der Waals surface area contributed by atoms with Gasteiger partial charge in [0.1, 0.15) is 0 Å². The van der Waals surface area contributed by atoms with Gasteiger partial charge in [-0.1, -0.05) is 0 Å². The monoisotopic (exact) mass is 332 g/mol. The molecule has 0 bridgehead atoms. The molecule has 2 aromatic heterocycles. The topological polar surface area (TPSA) is 53.2 Å². The second-order valence-corrected chi connectivity index (χ2v) is 7.16. The van der Waals surface area contributed by atoms with Gasteiger partial charge in [-0.05, 0) is 64.2 Å². The number of ketones is 2. The minimum Gasteiger partial charge on any atom is -0.355 e. The first-order valence-electron chi connectivity index (χ1n) is 7.71. The third-order valence-corrected chi connectivity index (χ3v) is 5.45. The molecule has 0 radical (unpaired) electrons. The molecule has 5 heteroatoms.